The molecule has 4 aliphatic carbocycles. The van der Waals surface area contributed by atoms with Crippen LogP contribution in [-0.2, 0) is 17.9 Å². The van der Waals surface area contributed by atoms with Crippen molar-refractivity contribution in [1.82, 2.24) is 20.1 Å². The van der Waals surface area contributed by atoms with Crippen molar-refractivity contribution >= 4 is 17.7 Å². The van der Waals surface area contributed by atoms with Crippen molar-refractivity contribution < 1.29 is 9.53 Å². The lowest BCUT2D eigenvalue weighted by Crippen LogP contribution is -2.60. The summed E-state index contributed by atoms with van der Waals surface area (Å²) in [5, 5.41) is 12.8. The number of allylic oxidation sites excluding steroid dienone is 1. The molecule has 4 fully saturated rings. The summed E-state index contributed by atoms with van der Waals surface area (Å²) in [6.07, 6.45) is 9.46. The molecule has 0 atom stereocenters. The van der Waals surface area contributed by atoms with Crippen molar-refractivity contribution in [2.45, 2.75) is 69.3 Å². The number of aromatic nitrogens is 3. The number of para-hydroxylation sites is 1. The lowest BCUT2D eigenvalue weighted by molar-refractivity contribution is -0.124. The highest BCUT2D eigenvalue weighted by Crippen LogP contribution is 2.55. The Hall–Kier alpha value is -2.28. The second-order valence-electron chi connectivity index (χ2n) is 9.89. The van der Waals surface area contributed by atoms with E-state index in [2.05, 4.69) is 22.1 Å². The zero-order valence-corrected chi connectivity index (χ0v) is 19.6. The molecule has 1 amide bonds. The second kappa shape index (κ2) is 8.93. The summed E-state index contributed by atoms with van der Waals surface area (Å²) in [4.78, 5) is 12.9. The van der Waals surface area contributed by atoms with Crippen LogP contribution in [0, 0.1) is 24.7 Å². The summed E-state index contributed by atoms with van der Waals surface area (Å²) in [5.41, 5.74) is 1.13. The van der Waals surface area contributed by atoms with Crippen molar-refractivity contribution in [3.63, 3.8) is 0 Å². The van der Waals surface area contributed by atoms with Gasteiger partial charge in [0.15, 0.2) is 11.0 Å². The van der Waals surface area contributed by atoms with Crippen molar-refractivity contribution in [3.8, 4) is 5.75 Å². The third-order valence-corrected chi connectivity index (χ3v) is 8.30. The van der Waals surface area contributed by atoms with Gasteiger partial charge in [0, 0.05) is 12.1 Å². The predicted molar refractivity (Wildman–Crippen MR) is 125 cm³/mol. The Balaban J connectivity index is 1.20. The van der Waals surface area contributed by atoms with E-state index in [-0.39, 0.29) is 11.4 Å². The lowest BCUT2D eigenvalue weighted by atomic mass is 9.53. The Morgan fingerprint density at radius 2 is 1.91 bits per heavy atom. The number of benzene rings is 1. The molecule has 7 heteroatoms. The number of amides is 1. The minimum absolute atomic E-state index is 0.0493. The van der Waals surface area contributed by atoms with Crippen LogP contribution >= 0.6 is 11.8 Å². The highest BCUT2D eigenvalue weighted by atomic mass is 32.2. The molecule has 6 rings (SSSR count). The molecule has 0 radical (unpaired) electrons. The van der Waals surface area contributed by atoms with Crippen LogP contribution in [0.1, 0.15) is 49.9 Å². The smallest absolute Gasteiger partial charge is 0.230 e. The fraction of sp³-hybridized carbons (Fsp3) is 0.560. The first-order valence-corrected chi connectivity index (χ1v) is 12.7. The largest absolute Gasteiger partial charge is 0.485 e. The average Bonchev–Trinajstić information content (AvgIpc) is 3.12. The molecular weight excluding hydrogens is 420 g/mol. The van der Waals surface area contributed by atoms with Gasteiger partial charge in [-0.1, -0.05) is 36.0 Å². The lowest BCUT2D eigenvalue weighted by Gasteiger charge is -2.56. The molecule has 0 saturated heterocycles. The summed E-state index contributed by atoms with van der Waals surface area (Å²) in [7, 11) is 0. The van der Waals surface area contributed by atoms with Crippen LogP contribution < -0.4 is 10.1 Å². The van der Waals surface area contributed by atoms with Crippen molar-refractivity contribution in [1.29, 1.82) is 0 Å². The van der Waals surface area contributed by atoms with E-state index < -0.39 is 0 Å². The van der Waals surface area contributed by atoms with E-state index in [0.717, 1.165) is 40.0 Å². The van der Waals surface area contributed by atoms with Crippen LogP contribution in [0.25, 0.3) is 0 Å². The van der Waals surface area contributed by atoms with Gasteiger partial charge < -0.3 is 10.1 Å². The molecule has 4 saturated carbocycles. The van der Waals surface area contributed by atoms with E-state index >= 15 is 0 Å². The maximum atomic E-state index is 12.9. The topological polar surface area (TPSA) is 69.0 Å². The molecule has 1 N–H and O–H groups in total. The number of carbonyl (C=O) groups excluding carboxylic acids is 1. The summed E-state index contributed by atoms with van der Waals surface area (Å²) in [5.74, 6) is 4.50. The molecule has 1 aromatic heterocycles. The van der Waals surface area contributed by atoms with E-state index in [4.69, 9.17) is 4.74 Å². The highest BCUT2D eigenvalue weighted by molar-refractivity contribution is 7.99. The maximum absolute atomic E-state index is 12.9. The second-order valence-corrected chi connectivity index (χ2v) is 10.8. The molecular formula is C25H32N4O2S. The molecule has 6 nitrogen and oxygen atoms in total. The molecule has 4 aliphatic rings. The number of rotatable bonds is 9. The van der Waals surface area contributed by atoms with E-state index in [9.17, 15) is 4.79 Å². The Bertz CT molecular complexity index is 966. The number of thioether (sulfide) groups is 1. The maximum Gasteiger partial charge on any atom is 0.230 e. The van der Waals surface area contributed by atoms with E-state index in [1.807, 2.05) is 41.8 Å². The van der Waals surface area contributed by atoms with Crippen LogP contribution in [0.2, 0.25) is 0 Å². The molecule has 1 heterocycles. The monoisotopic (exact) mass is 452 g/mol. The number of nitrogens with one attached hydrogen (secondary N) is 1. The first-order valence-electron chi connectivity index (χ1n) is 11.7. The van der Waals surface area contributed by atoms with E-state index in [1.54, 1.807) is 0 Å². The van der Waals surface area contributed by atoms with Gasteiger partial charge in [-0.05, 0) is 74.8 Å². The van der Waals surface area contributed by atoms with Gasteiger partial charge in [0.2, 0.25) is 5.91 Å². The van der Waals surface area contributed by atoms with Crippen LogP contribution in [-0.4, -0.2) is 32.0 Å². The number of nitrogens with zero attached hydrogens (tertiary/aromatic N) is 3. The number of hydrogen-bond acceptors (Lipinski definition) is 5. The Morgan fingerprint density at radius 3 is 2.56 bits per heavy atom. The van der Waals surface area contributed by atoms with Gasteiger partial charge >= 0.3 is 0 Å². The minimum atomic E-state index is 0.0493. The summed E-state index contributed by atoms with van der Waals surface area (Å²) in [6.45, 7) is 6.79. The van der Waals surface area contributed by atoms with Gasteiger partial charge in [0.25, 0.3) is 0 Å². The van der Waals surface area contributed by atoms with Crippen LogP contribution in [0.4, 0.5) is 0 Å². The van der Waals surface area contributed by atoms with Gasteiger partial charge in [-0.25, -0.2) is 0 Å². The fourth-order valence-electron chi connectivity index (χ4n) is 6.43. The third kappa shape index (κ3) is 4.45. The minimum Gasteiger partial charge on any atom is -0.485 e. The zero-order valence-electron chi connectivity index (χ0n) is 18.8. The first kappa shape index (κ1) is 21.6. The molecule has 2 aromatic rings. The zero-order chi connectivity index (χ0) is 22.1. The number of carbonyl (C=O) groups is 1. The third-order valence-electron chi connectivity index (χ3n) is 7.33. The number of ether oxygens (including phenoxy) is 1. The first-order chi connectivity index (χ1) is 15.5. The van der Waals surface area contributed by atoms with Gasteiger partial charge in [-0.3, -0.25) is 9.36 Å². The SMILES string of the molecule is C=CCn1c(COc2ccccc2C)nnc1SCC(=O)NC12CC3CC(CC(C3)C1)C2. The van der Waals surface area contributed by atoms with Crippen molar-refractivity contribution in [2.75, 3.05) is 5.75 Å². The van der Waals surface area contributed by atoms with Gasteiger partial charge in [0.1, 0.15) is 12.4 Å². The summed E-state index contributed by atoms with van der Waals surface area (Å²) >= 11 is 1.44. The normalized spacial score (nSPS) is 28.0. The average molecular weight is 453 g/mol. The number of aryl methyl sites for hydroxylation is 1. The number of hydrogen-bond donors (Lipinski definition) is 1. The van der Waals surface area contributed by atoms with Gasteiger partial charge in [0.05, 0.1) is 5.75 Å². The van der Waals surface area contributed by atoms with E-state index in [1.165, 1.54) is 50.3 Å². The fourth-order valence-corrected chi connectivity index (χ4v) is 7.20. The molecule has 170 valence electrons. The molecule has 0 spiro atoms. The molecule has 0 aliphatic heterocycles. The molecule has 32 heavy (non-hydrogen) atoms. The van der Waals surface area contributed by atoms with Crippen molar-refractivity contribution in [3.05, 3.63) is 48.3 Å². The van der Waals surface area contributed by atoms with Gasteiger partial charge in [-0.15, -0.1) is 16.8 Å². The van der Waals surface area contributed by atoms with Gasteiger partial charge in [-0.2, -0.15) is 0 Å². The molecule has 4 bridgehead atoms. The summed E-state index contributed by atoms with van der Waals surface area (Å²) in [6, 6.07) is 7.92. The highest BCUT2D eigenvalue weighted by Gasteiger charge is 2.51. The van der Waals surface area contributed by atoms with Crippen LogP contribution in [0.3, 0.4) is 0 Å². The van der Waals surface area contributed by atoms with Crippen LogP contribution in [0.15, 0.2) is 42.1 Å². The predicted octanol–water partition coefficient (Wildman–Crippen LogP) is 4.53. The quantitative estimate of drug-likeness (QED) is 0.447. The van der Waals surface area contributed by atoms with Crippen LogP contribution in [0.5, 0.6) is 5.75 Å². The Kier molecular flexibility index (Phi) is 6.01. The standard InChI is InChI=1S/C25H32N4O2S/c1-3-8-29-22(15-31-21-7-5-4-6-17(21)2)27-28-24(29)32-16-23(30)26-25-12-18-9-19(13-25)11-20(10-18)14-25/h3-7,18-20H,1,8-16H2,2H3,(H,26,30). The van der Waals surface area contributed by atoms with E-state index in [0.29, 0.717) is 18.9 Å². The molecule has 1 aromatic carbocycles. The Morgan fingerprint density at radius 1 is 1.22 bits per heavy atom. The van der Waals surface area contributed by atoms with Crippen molar-refractivity contribution in [2.24, 2.45) is 17.8 Å². The summed E-state index contributed by atoms with van der Waals surface area (Å²) < 4.78 is 7.94. The Labute approximate surface area is 194 Å². The molecule has 0 unspecified atom stereocenters.